The van der Waals surface area contributed by atoms with Crippen molar-refractivity contribution in [1.82, 2.24) is 15.5 Å². The summed E-state index contributed by atoms with van der Waals surface area (Å²) >= 11 is 0. The fourth-order valence-corrected chi connectivity index (χ4v) is 2.57. The van der Waals surface area contributed by atoms with Crippen LogP contribution < -0.4 is 5.32 Å². The molecule has 0 bridgehead atoms. The normalized spacial score (nSPS) is 10.0. The van der Waals surface area contributed by atoms with Crippen molar-refractivity contribution in [2.24, 2.45) is 0 Å². The van der Waals surface area contributed by atoms with Gasteiger partial charge in [0.05, 0.1) is 6.20 Å². The summed E-state index contributed by atoms with van der Waals surface area (Å²) in [4.78, 5) is 12.4. The van der Waals surface area contributed by atoms with Crippen molar-refractivity contribution in [3.63, 3.8) is 0 Å². The molecular weight excluding hydrogens is 322 g/mol. The van der Waals surface area contributed by atoms with Crippen molar-refractivity contribution in [3.8, 4) is 11.8 Å². The summed E-state index contributed by atoms with van der Waals surface area (Å²) in [7, 11) is 0. The van der Waals surface area contributed by atoms with E-state index < -0.39 is 0 Å². The molecule has 0 atom stereocenters. The maximum atomic E-state index is 12.4. The number of carbonyl (C=O) groups excluding carboxylic acids is 1. The summed E-state index contributed by atoms with van der Waals surface area (Å²) in [6, 6.07) is 15.5. The van der Waals surface area contributed by atoms with Gasteiger partial charge in [0.1, 0.15) is 0 Å². The number of nitrogens with one attached hydrogen (secondary N) is 2. The van der Waals surface area contributed by atoms with E-state index in [9.17, 15) is 4.79 Å². The molecule has 0 spiro atoms. The van der Waals surface area contributed by atoms with Crippen LogP contribution >= 0.6 is 0 Å². The van der Waals surface area contributed by atoms with Crippen molar-refractivity contribution in [2.45, 2.75) is 19.8 Å². The molecule has 3 rings (SSSR count). The molecule has 130 valence electrons. The van der Waals surface area contributed by atoms with Crippen molar-refractivity contribution < 1.29 is 4.79 Å². The number of H-pyrrole nitrogens is 1. The molecule has 0 aliphatic carbocycles. The molecule has 4 nitrogen and oxygen atoms in total. The van der Waals surface area contributed by atoms with Crippen LogP contribution in [0.5, 0.6) is 0 Å². The third kappa shape index (κ3) is 4.84. The summed E-state index contributed by atoms with van der Waals surface area (Å²) in [6.45, 7) is 2.63. The Bertz CT molecular complexity index is 919. The number of nitrogens with zero attached hydrogens (tertiary/aromatic N) is 1. The highest BCUT2D eigenvalue weighted by Gasteiger charge is 2.07. The first kappa shape index (κ1) is 17.5. The van der Waals surface area contributed by atoms with Gasteiger partial charge in [-0.15, -0.1) is 0 Å². The van der Waals surface area contributed by atoms with E-state index in [1.165, 1.54) is 0 Å². The summed E-state index contributed by atoms with van der Waals surface area (Å²) in [6.07, 6.45) is 5.44. The minimum atomic E-state index is -0.0695. The Balaban J connectivity index is 1.61. The molecule has 0 aliphatic heterocycles. The first-order valence-electron chi connectivity index (χ1n) is 8.66. The van der Waals surface area contributed by atoms with Crippen LogP contribution in [0.2, 0.25) is 0 Å². The van der Waals surface area contributed by atoms with Gasteiger partial charge in [-0.05, 0) is 55.2 Å². The molecule has 1 aromatic heterocycles. The Hall–Kier alpha value is -3.32. The second-order valence-corrected chi connectivity index (χ2v) is 6.11. The van der Waals surface area contributed by atoms with Crippen LogP contribution in [0.15, 0.2) is 60.9 Å². The van der Waals surface area contributed by atoms with E-state index in [0.29, 0.717) is 12.1 Å². The first-order valence-corrected chi connectivity index (χ1v) is 8.66. The lowest BCUT2D eigenvalue weighted by molar-refractivity contribution is 0.0953. The molecule has 0 saturated heterocycles. The minimum absolute atomic E-state index is 0.0695. The van der Waals surface area contributed by atoms with Gasteiger partial charge in [0.15, 0.2) is 0 Å². The third-order valence-corrected chi connectivity index (χ3v) is 4.10. The van der Waals surface area contributed by atoms with Gasteiger partial charge < -0.3 is 5.32 Å². The highest BCUT2D eigenvalue weighted by Crippen LogP contribution is 2.11. The van der Waals surface area contributed by atoms with E-state index in [-0.39, 0.29) is 5.91 Å². The van der Waals surface area contributed by atoms with Crippen LogP contribution in [0, 0.1) is 18.8 Å². The molecule has 0 aliphatic rings. The van der Waals surface area contributed by atoms with Gasteiger partial charge in [-0.2, -0.15) is 5.10 Å². The number of carbonyl (C=O) groups is 1. The van der Waals surface area contributed by atoms with Gasteiger partial charge in [0.25, 0.3) is 5.91 Å². The van der Waals surface area contributed by atoms with Crippen LogP contribution in [-0.2, 0) is 6.42 Å². The molecule has 2 aromatic carbocycles. The standard InChI is InChI=1S/C22H21N3O/c1-17-9-11-21(14-20(17)12-10-18-6-3-2-4-7-18)22(26)23-13-5-8-19-15-24-25-16-19/h2-4,6-7,9,11,14-16H,5,8,13H2,1H3,(H,23,26)(H,24,25). The lowest BCUT2D eigenvalue weighted by Crippen LogP contribution is -2.24. The van der Waals surface area contributed by atoms with Crippen LogP contribution in [-0.4, -0.2) is 22.6 Å². The van der Waals surface area contributed by atoms with E-state index in [1.54, 1.807) is 6.20 Å². The van der Waals surface area contributed by atoms with E-state index in [2.05, 4.69) is 27.4 Å². The Kier molecular flexibility index (Phi) is 5.84. The van der Waals surface area contributed by atoms with Crippen molar-refractivity contribution >= 4 is 5.91 Å². The molecular formula is C22H21N3O. The topological polar surface area (TPSA) is 57.8 Å². The fourth-order valence-electron chi connectivity index (χ4n) is 2.57. The van der Waals surface area contributed by atoms with Crippen LogP contribution in [0.3, 0.4) is 0 Å². The number of aromatic nitrogens is 2. The quantitative estimate of drug-likeness (QED) is 0.550. The minimum Gasteiger partial charge on any atom is -0.352 e. The van der Waals surface area contributed by atoms with Gasteiger partial charge in [-0.3, -0.25) is 9.89 Å². The second kappa shape index (κ2) is 8.68. The molecule has 0 unspecified atom stereocenters. The molecule has 0 saturated carbocycles. The average molecular weight is 343 g/mol. The number of aromatic amines is 1. The molecule has 26 heavy (non-hydrogen) atoms. The van der Waals surface area contributed by atoms with Crippen LogP contribution in [0.1, 0.15) is 39.0 Å². The monoisotopic (exact) mass is 343 g/mol. The molecule has 4 heteroatoms. The number of rotatable bonds is 5. The zero-order valence-corrected chi connectivity index (χ0v) is 14.8. The van der Waals surface area contributed by atoms with Crippen molar-refractivity contribution in [1.29, 1.82) is 0 Å². The number of benzene rings is 2. The highest BCUT2D eigenvalue weighted by molar-refractivity contribution is 5.94. The van der Waals surface area contributed by atoms with Crippen molar-refractivity contribution in [3.05, 3.63) is 88.7 Å². The molecule has 3 aromatic rings. The van der Waals surface area contributed by atoms with Gasteiger partial charge in [-0.25, -0.2) is 0 Å². The summed E-state index contributed by atoms with van der Waals surface area (Å²) in [5.41, 5.74) is 4.68. The average Bonchev–Trinajstić information content (AvgIpc) is 3.19. The van der Waals surface area contributed by atoms with E-state index in [4.69, 9.17) is 0 Å². The lowest BCUT2D eigenvalue weighted by Gasteiger charge is -2.06. The first-order chi connectivity index (χ1) is 12.7. The summed E-state index contributed by atoms with van der Waals surface area (Å²) in [5, 5.41) is 9.67. The van der Waals surface area contributed by atoms with Gasteiger partial charge in [0, 0.05) is 29.4 Å². The third-order valence-electron chi connectivity index (χ3n) is 4.10. The number of hydrogen-bond donors (Lipinski definition) is 2. The smallest absolute Gasteiger partial charge is 0.251 e. The molecule has 0 fully saturated rings. The predicted octanol–water partition coefficient (Wildman–Crippen LogP) is 3.48. The highest BCUT2D eigenvalue weighted by atomic mass is 16.1. The molecule has 2 N–H and O–H groups in total. The lowest BCUT2D eigenvalue weighted by atomic mass is 10.0. The number of amides is 1. The zero-order chi connectivity index (χ0) is 18.2. The zero-order valence-electron chi connectivity index (χ0n) is 14.8. The van der Waals surface area contributed by atoms with E-state index in [0.717, 1.165) is 35.1 Å². The SMILES string of the molecule is Cc1ccc(C(=O)NCCCc2cn[nH]c2)cc1C#Cc1ccccc1. The van der Waals surface area contributed by atoms with Gasteiger partial charge in [-0.1, -0.05) is 36.1 Å². The number of aryl methyl sites for hydroxylation is 2. The van der Waals surface area contributed by atoms with E-state index >= 15 is 0 Å². The maximum Gasteiger partial charge on any atom is 0.251 e. The second-order valence-electron chi connectivity index (χ2n) is 6.11. The Morgan fingerprint density at radius 1 is 1.15 bits per heavy atom. The Morgan fingerprint density at radius 2 is 2.00 bits per heavy atom. The Morgan fingerprint density at radius 3 is 2.77 bits per heavy atom. The van der Waals surface area contributed by atoms with Crippen LogP contribution in [0.4, 0.5) is 0 Å². The van der Waals surface area contributed by atoms with E-state index in [1.807, 2.05) is 61.7 Å². The predicted molar refractivity (Wildman–Crippen MR) is 103 cm³/mol. The molecule has 1 amide bonds. The van der Waals surface area contributed by atoms with Crippen LogP contribution in [0.25, 0.3) is 0 Å². The summed E-state index contributed by atoms with van der Waals surface area (Å²) in [5.74, 6) is 6.25. The van der Waals surface area contributed by atoms with Gasteiger partial charge >= 0.3 is 0 Å². The van der Waals surface area contributed by atoms with Crippen molar-refractivity contribution in [2.75, 3.05) is 6.54 Å². The molecule has 1 heterocycles. The van der Waals surface area contributed by atoms with Gasteiger partial charge in [0.2, 0.25) is 0 Å². The maximum absolute atomic E-state index is 12.4. The Labute approximate surface area is 153 Å². The largest absolute Gasteiger partial charge is 0.352 e. The fraction of sp³-hybridized carbons (Fsp3) is 0.182. The number of hydrogen-bond acceptors (Lipinski definition) is 2. The molecule has 0 radical (unpaired) electrons. The summed E-state index contributed by atoms with van der Waals surface area (Å²) < 4.78 is 0.